The van der Waals surface area contributed by atoms with Crippen molar-refractivity contribution in [3.05, 3.63) is 71.0 Å². The van der Waals surface area contributed by atoms with Crippen molar-refractivity contribution in [2.45, 2.75) is 12.5 Å². The van der Waals surface area contributed by atoms with Gasteiger partial charge in [-0.2, -0.15) is 0 Å². The van der Waals surface area contributed by atoms with Crippen LogP contribution in [0.15, 0.2) is 54.9 Å². The van der Waals surface area contributed by atoms with Crippen LogP contribution in [0, 0.1) is 0 Å². The molecule has 28 heavy (non-hydrogen) atoms. The molecular formula is C19H20Cl2N6O. The lowest BCUT2D eigenvalue weighted by Crippen LogP contribution is -2.49. The Morgan fingerprint density at radius 2 is 2.04 bits per heavy atom. The third-order valence-corrected chi connectivity index (χ3v) is 4.94. The normalized spacial score (nSPS) is 16.5. The highest BCUT2D eigenvalue weighted by atomic mass is 35.5. The van der Waals surface area contributed by atoms with Gasteiger partial charge in [-0.25, -0.2) is 4.68 Å². The Labute approximate surface area is 174 Å². The molecule has 2 aromatic carbocycles. The molecule has 0 saturated carbocycles. The number of aromatic nitrogens is 4. The molecule has 1 fully saturated rings. The monoisotopic (exact) mass is 418 g/mol. The first-order valence-electron chi connectivity index (χ1n) is 8.79. The van der Waals surface area contributed by atoms with Crippen LogP contribution < -0.4 is 5.32 Å². The van der Waals surface area contributed by atoms with Crippen molar-refractivity contribution >= 4 is 29.9 Å². The number of halogens is 2. The molecule has 0 spiro atoms. The van der Waals surface area contributed by atoms with E-state index in [1.54, 1.807) is 4.68 Å². The van der Waals surface area contributed by atoms with Gasteiger partial charge in [0.2, 0.25) is 5.91 Å². The summed E-state index contributed by atoms with van der Waals surface area (Å²) in [6, 6.07) is 15.4. The van der Waals surface area contributed by atoms with Crippen LogP contribution in [0.3, 0.4) is 0 Å². The number of carbonyl (C=O) groups is 1. The third-order valence-electron chi connectivity index (χ3n) is 4.70. The van der Waals surface area contributed by atoms with Gasteiger partial charge in [-0.05, 0) is 45.8 Å². The lowest BCUT2D eigenvalue weighted by molar-refractivity contribution is -0.133. The molecule has 146 valence electrons. The molecule has 1 aromatic heterocycles. The van der Waals surface area contributed by atoms with Crippen LogP contribution in [0.2, 0.25) is 5.02 Å². The highest BCUT2D eigenvalue weighted by molar-refractivity contribution is 6.30. The molecule has 1 amide bonds. The number of amides is 1. The Kier molecular flexibility index (Phi) is 6.61. The quantitative estimate of drug-likeness (QED) is 0.703. The summed E-state index contributed by atoms with van der Waals surface area (Å²) in [6.45, 7) is 2.20. The average Bonchev–Trinajstić information content (AvgIpc) is 3.23. The van der Waals surface area contributed by atoms with Crippen molar-refractivity contribution in [3.8, 4) is 5.69 Å². The minimum absolute atomic E-state index is 0. The van der Waals surface area contributed by atoms with Gasteiger partial charge in [0.15, 0.2) is 0 Å². The molecule has 0 aliphatic carbocycles. The van der Waals surface area contributed by atoms with Gasteiger partial charge in [0.05, 0.1) is 18.2 Å². The van der Waals surface area contributed by atoms with Crippen molar-refractivity contribution in [2.75, 3.05) is 19.6 Å². The average molecular weight is 419 g/mol. The van der Waals surface area contributed by atoms with Gasteiger partial charge >= 0.3 is 0 Å². The second-order valence-corrected chi connectivity index (χ2v) is 6.90. The van der Waals surface area contributed by atoms with Gasteiger partial charge in [0, 0.05) is 24.7 Å². The van der Waals surface area contributed by atoms with E-state index in [0.717, 1.165) is 29.9 Å². The lowest BCUT2D eigenvalue weighted by Gasteiger charge is -2.36. The maximum Gasteiger partial charge on any atom is 0.227 e. The fourth-order valence-corrected chi connectivity index (χ4v) is 3.54. The van der Waals surface area contributed by atoms with Crippen molar-refractivity contribution in [1.29, 1.82) is 0 Å². The van der Waals surface area contributed by atoms with E-state index in [9.17, 15) is 4.79 Å². The number of hydrogen-bond acceptors (Lipinski definition) is 5. The fourth-order valence-electron chi connectivity index (χ4n) is 3.34. The number of hydrogen-bond donors (Lipinski definition) is 1. The van der Waals surface area contributed by atoms with Crippen molar-refractivity contribution in [2.24, 2.45) is 0 Å². The molecule has 7 nitrogen and oxygen atoms in total. The van der Waals surface area contributed by atoms with Crippen LogP contribution in [-0.4, -0.2) is 50.6 Å². The summed E-state index contributed by atoms with van der Waals surface area (Å²) >= 11 is 6.14. The maximum absolute atomic E-state index is 13.0. The van der Waals surface area contributed by atoms with Crippen LogP contribution in [0.1, 0.15) is 17.2 Å². The summed E-state index contributed by atoms with van der Waals surface area (Å²) in [4.78, 5) is 14.9. The predicted octanol–water partition coefficient (Wildman–Crippen LogP) is 2.45. The van der Waals surface area contributed by atoms with Crippen LogP contribution in [0.5, 0.6) is 0 Å². The molecule has 1 saturated heterocycles. The SMILES string of the molecule is Cl.O=C(Cc1ccc(-n2cnnn2)cc1)N1CCNCC1c1cccc(Cl)c1. The number of rotatable bonds is 4. The largest absolute Gasteiger partial charge is 0.333 e. The highest BCUT2D eigenvalue weighted by Crippen LogP contribution is 2.25. The summed E-state index contributed by atoms with van der Waals surface area (Å²) in [5, 5.41) is 15.2. The number of carbonyl (C=O) groups excluding carboxylic acids is 1. The minimum Gasteiger partial charge on any atom is -0.333 e. The van der Waals surface area contributed by atoms with Crippen molar-refractivity contribution < 1.29 is 4.79 Å². The van der Waals surface area contributed by atoms with Gasteiger partial charge in [-0.3, -0.25) is 4.79 Å². The van der Waals surface area contributed by atoms with Gasteiger partial charge in [0.1, 0.15) is 6.33 Å². The zero-order valence-corrected chi connectivity index (χ0v) is 16.6. The Balaban J connectivity index is 0.00000225. The highest BCUT2D eigenvalue weighted by Gasteiger charge is 2.27. The predicted molar refractivity (Wildman–Crippen MR) is 109 cm³/mol. The molecule has 1 unspecified atom stereocenters. The van der Waals surface area contributed by atoms with Gasteiger partial charge in [0.25, 0.3) is 0 Å². The Bertz CT molecular complexity index is 916. The van der Waals surface area contributed by atoms with E-state index in [1.165, 1.54) is 6.33 Å². The minimum atomic E-state index is -0.00885. The number of piperazine rings is 1. The number of nitrogens with zero attached hydrogens (tertiary/aromatic N) is 5. The zero-order chi connectivity index (χ0) is 18.6. The summed E-state index contributed by atoms with van der Waals surface area (Å²) in [7, 11) is 0. The van der Waals surface area contributed by atoms with E-state index < -0.39 is 0 Å². The molecule has 3 aromatic rings. The zero-order valence-electron chi connectivity index (χ0n) is 15.0. The molecule has 1 aliphatic rings. The Morgan fingerprint density at radius 3 is 2.75 bits per heavy atom. The first-order valence-corrected chi connectivity index (χ1v) is 9.16. The fraction of sp³-hybridized carbons (Fsp3) is 0.263. The molecule has 0 radical (unpaired) electrons. The maximum atomic E-state index is 13.0. The number of nitrogens with one attached hydrogen (secondary N) is 1. The topological polar surface area (TPSA) is 75.9 Å². The van der Waals surface area contributed by atoms with E-state index in [-0.39, 0.29) is 24.4 Å². The second kappa shape index (κ2) is 9.14. The van der Waals surface area contributed by atoms with Crippen LogP contribution in [0.4, 0.5) is 0 Å². The van der Waals surface area contributed by atoms with E-state index in [4.69, 9.17) is 11.6 Å². The van der Waals surface area contributed by atoms with Gasteiger partial charge in [-0.15, -0.1) is 17.5 Å². The summed E-state index contributed by atoms with van der Waals surface area (Å²) in [6.07, 6.45) is 1.89. The standard InChI is InChI=1S/C19H19ClN6O.ClH/c20-16-3-1-2-15(11-16)18-12-21-8-9-25(18)19(27)10-14-4-6-17(7-5-14)26-13-22-23-24-26;/h1-7,11,13,18,21H,8-10,12H2;1H. The van der Waals surface area contributed by atoms with Gasteiger partial charge in [-0.1, -0.05) is 35.9 Å². The lowest BCUT2D eigenvalue weighted by atomic mass is 10.0. The summed E-state index contributed by atoms with van der Waals surface area (Å²) in [5.41, 5.74) is 2.87. The van der Waals surface area contributed by atoms with Crippen molar-refractivity contribution in [1.82, 2.24) is 30.4 Å². The first kappa shape index (κ1) is 20.3. The number of tetrazole rings is 1. The molecule has 9 heteroatoms. The number of benzene rings is 2. The summed E-state index contributed by atoms with van der Waals surface area (Å²) in [5.74, 6) is 0.108. The molecule has 1 aliphatic heterocycles. The van der Waals surface area contributed by atoms with E-state index in [1.807, 2.05) is 53.4 Å². The van der Waals surface area contributed by atoms with Crippen molar-refractivity contribution in [3.63, 3.8) is 0 Å². The van der Waals surface area contributed by atoms with Crippen LogP contribution in [-0.2, 0) is 11.2 Å². The molecule has 4 rings (SSSR count). The van der Waals surface area contributed by atoms with E-state index in [2.05, 4.69) is 20.8 Å². The molecule has 0 bridgehead atoms. The van der Waals surface area contributed by atoms with E-state index in [0.29, 0.717) is 18.0 Å². The molecule has 1 N–H and O–H groups in total. The third kappa shape index (κ3) is 4.49. The van der Waals surface area contributed by atoms with Crippen LogP contribution in [0.25, 0.3) is 5.69 Å². The molecule has 1 atom stereocenters. The Morgan fingerprint density at radius 1 is 1.21 bits per heavy atom. The second-order valence-electron chi connectivity index (χ2n) is 6.46. The smallest absolute Gasteiger partial charge is 0.227 e. The first-order chi connectivity index (χ1) is 13.2. The van der Waals surface area contributed by atoms with Gasteiger partial charge < -0.3 is 10.2 Å². The summed E-state index contributed by atoms with van der Waals surface area (Å²) < 4.78 is 1.58. The van der Waals surface area contributed by atoms with Crippen LogP contribution >= 0.6 is 24.0 Å². The van der Waals surface area contributed by atoms with E-state index >= 15 is 0 Å². The molecular weight excluding hydrogens is 399 g/mol. The Hall–Kier alpha value is -2.48. The molecule has 2 heterocycles.